The first kappa shape index (κ1) is 11.4. The van der Waals surface area contributed by atoms with Crippen molar-refractivity contribution in [2.75, 3.05) is 6.54 Å². The summed E-state index contributed by atoms with van der Waals surface area (Å²) in [5, 5.41) is 3.58. The van der Waals surface area contributed by atoms with Gasteiger partial charge in [0.15, 0.2) is 5.65 Å². The Morgan fingerprint density at radius 3 is 2.95 bits per heavy atom. The van der Waals surface area contributed by atoms with Gasteiger partial charge in [-0.2, -0.15) is 0 Å². The number of rotatable bonds is 3. The molecule has 1 saturated carbocycles. The second-order valence-corrected chi connectivity index (χ2v) is 5.83. The number of aromatic nitrogens is 3. The lowest BCUT2D eigenvalue weighted by molar-refractivity contribution is 0.309. The molecule has 100 valence electrons. The summed E-state index contributed by atoms with van der Waals surface area (Å²) in [6.07, 6.45) is 9.43. The van der Waals surface area contributed by atoms with Crippen molar-refractivity contribution in [3.8, 4) is 0 Å². The van der Waals surface area contributed by atoms with Crippen LogP contribution in [0.5, 0.6) is 0 Å². The van der Waals surface area contributed by atoms with Crippen molar-refractivity contribution < 1.29 is 0 Å². The number of hydrogen-bond donors (Lipinski definition) is 1. The maximum absolute atomic E-state index is 4.84. The number of pyridine rings is 1. The van der Waals surface area contributed by atoms with Gasteiger partial charge in [-0.3, -0.25) is 0 Å². The Bertz CT molecular complexity index is 579. The van der Waals surface area contributed by atoms with E-state index in [4.69, 9.17) is 4.98 Å². The zero-order chi connectivity index (χ0) is 12.7. The lowest BCUT2D eigenvalue weighted by atomic mass is 9.92. The molecular formula is C15H20N4. The lowest BCUT2D eigenvalue weighted by Gasteiger charge is -2.29. The second kappa shape index (κ2) is 4.60. The molecule has 0 amide bonds. The van der Waals surface area contributed by atoms with Gasteiger partial charge in [0.1, 0.15) is 11.3 Å². The van der Waals surface area contributed by atoms with Crippen molar-refractivity contribution >= 4 is 11.2 Å². The molecule has 2 aromatic rings. The third kappa shape index (κ3) is 1.94. The molecule has 3 heterocycles. The van der Waals surface area contributed by atoms with Crippen LogP contribution in [0, 0.1) is 0 Å². The molecule has 1 N–H and O–H groups in total. The summed E-state index contributed by atoms with van der Waals surface area (Å²) in [6.45, 7) is 1.16. The number of hydrogen-bond acceptors (Lipinski definition) is 3. The third-order valence-corrected chi connectivity index (χ3v) is 4.55. The van der Waals surface area contributed by atoms with Crippen molar-refractivity contribution in [2.24, 2.45) is 0 Å². The lowest BCUT2D eigenvalue weighted by Crippen LogP contribution is -2.27. The van der Waals surface area contributed by atoms with E-state index in [1.54, 1.807) is 0 Å². The molecule has 1 saturated heterocycles. The van der Waals surface area contributed by atoms with Gasteiger partial charge in [0.25, 0.3) is 0 Å². The van der Waals surface area contributed by atoms with Gasteiger partial charge in [0, 0.05) is 24.7 Å². The van der Waals surface area contributed by atoms with E-state index in [2.05, 4.69) is 20.9 Å². The first-order valence-electron chi connectivity index (χ1n) is 7.47. The van der Waals surface area contributed by atoms with E-state index < -0.39 is 0 Å². The fourth-order valence-corrected chi connectivity index (χ4v) is 3.30. The van der Waals surface area contributed by atoms with E-state index in [1.165, 1.54) is 37.9 Å². The van der Waals surface area contributed by atoms with Crippen molar-refractivity contribution in [3.05, 3.63) is 24.2 Å². The molecule has 19 heavy (non-hydrogen) atoms. The average Bonchev–Trinajstić information content (AvgIpc) is 2.97. The van der Waals surface area contributed by atoms with Gasteiger partial charge < -0.3 is 9.88 Å². The van der Waals surface area contributed by atoms with Crippen LogP contribution in [0.4, 0.5) is 0 Å². The molecule has 0 spiro atoms. The molecule has 4 nitrogen and oxygen atoms in total. The highest BCUT2D eigenvalue weighted by Gasteiger charge is 2.26. The van der Waals surface area contributed by atoms with Crippen LogP contribution in [0.1, 0.15) is 44.0 Å². The van der Waals surface area contributed by atoms with E-state index >= 15 is 0 Å². The van der Waals surface area contributed by atoms with Crippen molar-refractivity contribution in [1.82, 2.24) is 19.9 Å². The second-order valence-electron chi connectivity index (χ2n) is 5.83. The standard InChI is InChI=1S/C15H20N4/c1-5-12(6-1)19-14(10-11-4-2-8-16-11)18-13-7-3-9-17-15(13)19/h3,7,9,11-12,16H,1-2,4-6,8,10H2. The van der Waals surface area contributed by atoms with Crippen LogP contribution in [0.3, 0.4) is 0 Å². The summed E-state index contributed by atoms with van der Waals surface area (Å²) < 4.78 is 2.42. The number of nitrogens with one attached hydrogen (secondary N) is 1. The highest BCUT2D eigenvalue weighted by Crippen LogP contribution is 2.35. The van der Waals surface area contributed by atoms with Crippen molar-refractivity contribution in [1.29, 1.82) is 0 Å². The maximum atomic E-state index is 4.84. The highest BCUT2D eigenvalue weighted by molar-refractivity contribution is 5.71. The summed E-state index contributed by atoms with van der Waals surface area (Å²) in [5.41, 5.74) is 2.14. The molecule has 4 heteroatoms. The fraction of sp³-hybridized carbons (Fsp3) is 0.600. The summed E-state index contributed by atoms with van der Waals surface area (Å²) >= 11 is 0. The SMILES string of the molecule is c1cnc2c(c1)nc(CC1CCCN1)n2C1CCC1. The minimum Gasteiger partial charge on any atom is -0.314 e. The van der Waals surface area contributed by atoms with E-state index in [0.717, 1.165) is 24.1 Å². The van der Waals surface area contributed by atoms with E-state index in [9.17, 15) is 0 Å². The van der Waals surface area contributed by atoms with Crippen LogP contribution < -0.4 is 5.32 Å². The molecule has 1 aliphatic heterocycles. The number of fused-ring (bicyclic) bond motifs is 1. The Balaban J connectivity index is 1.74. The van der Waals surface area contributed by atoms with Crippen LogP contribution in [0.2, 0.25) is 0 Å². The molecule has 0 aromatic carbocycles. The minimum absolute atomic E-state index is 0.607. The van der Waals surface area contributed by atoms with Gasteiger partial charge in [-0.15, -0.1) is 0 Å². The van der Waals surface area contributed by atoms with E-state index in [1.807, 2.05) is 12.3 Å². The monoisotopic (exact) mass is 256 g/mol. The van der Waals surface area contributed by atoms with Gasteiger partial charge in [0.05, 0.1) is 0 Å². The largest absolute Gasteiger partial charge is 0.314 e. The minimum atomic E-state index is 0.607. The van der Waals surface area contributed by atoms with Gasteiger partial charge in [0.2, 0.25) is 0 Å². The smallest absolute Gasteiger partial charge is 0.160 e. The van der Waals surface area contributed by atoms with Crippen LogP contribution in [-0.2, 0) is 6.42 Å². The van der Waals surface area contributed by atoms with Crippen LogP contribution in [0.15, 0.2) is 18.3 Å². The zero-order valence-electron chi connectivity index (χ0n) is 11.2. The molecule has 2 aromatic heterocycles. The molecule has 0 radical (unpaired) electrons. The van der Waals surface area contributed by atoms with Crippen LogP contribution >= 0.6 is 0 Å². The summed E-state index contributed by atoms with van der Waals surface area (Å²) in [5.74, 6) is 1.23. The van der Waals surface area contributed by atoms with Gasteiger partial charge >= 0.3 is 0 Å². The predicted octanol–water partition coefficient (Wildman–Crippen LogP) is 2.45. The molecule has 1 aliphatic carbocycles. The summed E-state index contributed by atoms with van der Waals surface area (Å²) in [7, 11) is 0. The fourth-order valence-electron chi connectivity index (χ4n) is 3.30. The molecule has 2 aliphatic rings. The Morgan fingerprint density at radius 2 is 2.21 bits per heavy atom. The number of nitrogens with zero attached hydrogens (tertiary/aromatic N) is 3. The average molecular weight is 256 g/mol. The Hall–Kier alpha value is -1.42. The van der Waals surface area contributed by atoms with Gasteiger partial charge in [-0.25, -0.2) is 9.97 Å². The Labute approximate surface area is 113 Å². The normalized spacial score (nSPS) is 23.9. The predicted molar refractivity (Wildman–Crippen MR) is 75.1 cm³/mol. The summed E-state index contributed by atoms with van der Waals surface area (Å²) in [4.78, 5) is 9.40. The Kier molecular flexibility index (Phi) is 2.76. The zero-order valence-corrected chi connectivity index (χ0v) is 11.2. The molecule has 1 atom stereocenters. The molecule has 0 bridgehead atoms. The van der Waals surface area contributed by atoms with Gasteiger partial charge in [-0.05, 0) is 50.8 Å². The first-order valence-corrected chi connectivity index (χ1v) is 7.47. The van der Waals surface area contributed by atoms with Crippen molar-refractivity contribution in [2.45, 2.75) is 50.6 Å². The van der Waals surface area contributed by atoms with Crippen LogP contribution in [-0.4, -0.2) is 27.1 Å². The van der Waals surface area contributed by atoms with Crippen LogP contribution in [0.25, 0.3) is 11.2 Å². The summed E-state index contributed by atoms with van der Waals surface area (Å²) in [6, 6.07) is 5.31. The molecule has 1 unspecified atom stereocenters. The molecule has 4 rings (SSSR count). The van der Waals surface area contributed by atoms with E-state index in [-0.39, 0.29) is 0 Å². The topological polar surface area (TPSA) is 42.7 Å². The molecular weight excluding hydrogens is 236 g/mol. The van der Waals surface area contributed by atoms with Gasteiger partial charge in [-0.1, -0.05) is 0 Å². The quantitative estimate of drug-likeness (QED) is 0.917. The first-order chi connectivity index (χ1) is 9.42. The van der Waals surface area contributed by atoms with Crippen molar-refractivity contribution in [3.63, 3.8) is 0 Å². The Morgan fingerprint density at radius 1 is 1.26 bits per heavy atom. The molecule has 2 fully saturated rings. The number of imidazole rings is 1. The van der Waals surface area contributed by atoms with E-state index in [0.29, 0.717) is 12.1 Å². The maximum Gasteiger partial charge on any atom is 0.160 e. The third-order valence-electron chi connectivity index (χ3n) is 4.55. The highest BCUT2D eigenvalue weighted by atomic mass is 15.2.